The molecule has 1 aromatic carbocycles. The highest BCUT2D eigenvalue weighted by Gasteiger charge is 2.29. The molecular formula is C18H23N5O4. The van der Waals surface area contributed by atoms with Gasteiger partial charge >= 0.3 is 5.69 Å². The molecule has 9 nitrogen and oxygen atoms in total. The minimum Gasteiger partial charge on any atom is -0.497 e. The lowest BCUT2D eigenvalue weighted by atomic mass is 10.0. The summed E-state index contributed by atoms with van der Waals surface area (Å²) in [5, 5.41) is 14.8. The standard InChI is InChI=1S/C18H23N5O4/c1-12-5-4-8-22(10-12)18-16(23(24)25)17(19-11-20-18)21-14-7-6-13(26-2)9-15(14)27-3/h6-7,9,11-12H,4-5,8,10H2,1-3H3,(H,19,20,21). The number of piperidine rings is 1. The van der Waals surface area contributed by atoms with E-state index in [0.29, 0.717) is 28.9 Å². The van der Waals surface area contributed by atoms with E-state index in [1.54, 1.807) is 25.3 Å². The Labute approximate surface area is 157 Å². The van der Waals surface area contributed by atoms with E-state index in [-0.39, 0.29) is 11.5 Å². The molecular weight excluding hydrogens is 350 g/mol. The zero-order valence-electron chi connectivity index (χ0n) is 15.6. The van der Waals surface area contributed by atoms with Gasteiger partial charge in [0.2, 0.25) is 11.6 Å². The molecule has 1 aliphatic heterocycles. The van der Waals surface area contributed by atoms with Crippen molar-refractivity contribution in [3.63, 3.8) is 0 Å². The molecule has 1 atom stereocenters. The van der Waals surface area contributed by atoms with Crippen molar-refractivity contribution in [2.24, 2.45) is 5.92 Å². The number of hydrogen-bond donors (Lipinski definition) is 1. The number of hydrogen-bond acceptors (Lipinski definition) is 8. The molecule has 1 aliphatic rings. The third-order valence-electron chi connectivity index (χ3n) is 4.60. The molecule has 0 saturated carbocycles. The highest BCUT2D eigenvalue weighted by Crippen LogP contribution is 2.38. The largest absolute Gasteiger partial charge is 0.497 e. The molecule has 1 N–H and O–H groups in total. The van der Waals surface area contributed by atoms with Gasteiger partial charge in [-0.05, 0) is 30.9 Å². The summed E-state index contributed by atoms with van der Waals surface area (Å²) in [5.74, 6) is 2.06. The number of nitrogens with one attached hydrogen (secondary N) is 1. The van der Waals surface area contributed by atoms with Crippen molar-refractivity contribution in [2.75, 3.05) is 37.5 Å². The van der Waals surface area contributed by atoms with E-state index in [4.69, 9.17) is 9.47 Å². The first-order chi connectivity index (χ1) is 13.0. The molecule has 144 valence electrons. The molecule has 9 heteroatoms. The van der Waals surface area contributed by atoms with Crippen LogP contribution in [-0.2, 0) is 0 Å². The smallest absolute Gasteiger partial charge is 0.353 e. The fraction of sp³-hybridized carbons (Fsp3) is 0.444. The Morgan fingerprint density at radius 1 is 1.30 bits per heavy atom. The van der Waals surface area contributed by atoms with Crippen molar-refractivity contribution in [3.8, 4) is 11.5 Å². The van der Waals surface area contributed by atoms with Crippen LogP contribution in [-0.4, -0.2) is 42.2 Å². The van der Waals surface area contributed by atoms with Crippen molar-refractivity contribution >= 4 is 23.0 Å². The monoisotopic (exact) mass is 373 g/mol. The van der Waals surface area contributed by atoms with Gasteiger partial charge in [0.25, 0.3) is 0 Å². The van der Waals surface area contributed by atoms with Crippen LogP contribution in [0, 0.1) is 16.0 Å². The Kier molecular flexibility index (Phi) is 5.58. The van der Waals surface area contributed by atoms with E-state index in [9.17, 15) is 10.1 Å². The lowest BCUT2D eigenvalue weighted by molar-refractivity contribution is -0.383. The van der Waals surface area contributed by atoms with E-state index in [1.165, 1.54) is 13.4 Å². The van der Waals surface area contributed by atoms with E-state index in [2.05, 4.69) is 22.2 Å². The second-order valence-electron chi connectivity index (χ2n) is 6.54. The first kappa shape index (κ1) is 18.7. The van der Waals surface area contributed by atoms with Crippen LogP contribution in [0.1, 0.15) is 19.8 Å². The van der Waals surface area contributed by atoms with Crippen molar-refractivity contribution in [2.45, 2.75) is 19.8 Å². The van der Waals surface area contributed by atoms with Gasteiger partial charge < -0.3 is 19.7 Å². The molecule has 2 aromatic rings. The average Bonchev–Trinajstić information content (AvgIpc) is 2.68. The SMILES string of the molecule is COc1ccc(Nc2ncnc(N3CCCC(C)C3)c2[N+](=O)[O-])c(OC)c1. The quantitative estimate of drug-likeness (QED) is 0.607. The van der Waals surface area contributed by atoms with Gasteiger partial charge in [-0.1, -0.05) is 6.92 Å². The first-order valence-corrected chi connectivity index (χ1v) is 8.77. The maximum Gasteiger partial charge on any atom is 0.353 e. The van der Waals surface area contributed by atoms with Gasteiger partial charge in [-0.3, -0.25) is 10.1 Å². The zero-order chi connectivity index (χ0) is 19.4. The van der Waals surface area contributed by atoms with Gasteiger partial charge in [-0.15, -0.1) is 0 Å². The predicted molar refractivity (Wildman–Crippen MR) is 102 cm³/mol. The van der Waals surface area contributed by atoms with E-state index >= 15 is 0 Å². The van der Waals surface area contributed by atoms with Crippen molar-refractivity contribution in [1.82, 2.24) is 9.97 Å². The average molecular weight is 373 g/mol. The Hall–Kier alpha value is -3.10. The molecule has 1 unspecified atom stereocenters. The maximum absolute atomic E-state index is 11.8. The number of nitro groups is 1. The lowest BCUT2D eigenvalue weighted by Gasteiger charge is -2.31. The minimum atomic E-state index is -0.438. The predicted octanol–water partition coefficient (Wildman–Crippen LogP) is 3.38. The molecule has 0 amide bonds. The number of methoxy groups -OCH3 is 2. The van der Waals surface area contributed by atoms with Crippen molar-refractivity contribution in [1.29, 1.82) is 0 Å². The minimum absolute atomic E-state index is 0.131. The molecule has 1 fully saturated rings. The fourth-order valence-corrected chi connectivity index (χ4v) is 3.27. The van der Waals surface area contributed by atoms with Crippen molar-refractivity contribution in [3.05, 3.63) is 34.6 Å². The number of rotatable bonds is 6. The highest BCUT2D eigenvalue weighted by atomic mass is 16.6. The van der Waals surface area contributed by atoms with E-state index in [1.807, 2.05) is 4.90 Å². The molecule has 2 heterocycles. The molecule has 3 rings (SSSR count). The van der Waals surface area contributed by atoms with Crippen molar-refractivity contribution < 1.29 is 14.4 Å². The molecule has 1 saturated heterocycles. The van der Waals surface area contributed by atoms with Crippen LogP contribution in [0.2, 0.25) is 0 Å². The molecule has 27 heavy (non-hydrogen) atoms. The van der Waals surface area contributed by atoms with Crippen LogP contribution < -0.4 is 19.7 Å². The van der Waals surface area contributed by atoms with Crippen LogP contribution in [0.25, 0.3) is 0 Å². The molecule has 0 spiro atoms. The topological polar surface area (TPSA) is 103 Å². The Balaban J connectivity index is 1.99. The highest BCUT2D eigenvalue weighted by molar-refractivity contribution is 5.76. The van der Waals surface area contributed by atoms with Crippen LogP contribution in [0.4, 0.5) is 23.0 Å². The summed E-state index contributed by atoms with van der Waals surface area (Å²) >= 11 is 0. The molecule has 1 aromatic heterocycles. The number of benzene rings is 1. The summed E-state index contributed by atoms with van der Waals surface area (Å²) in [6.07, 6.45) is 3.45. The maximum atomic E-state index is 11.8. The van der Waals surface area contributed by atoms with Gasteiger partial charge in [0.1, 0.15) is 17.8 Å². The summed E-state index contributed by atoms with van der Waals surface area (Å²) in [6.45, 7) is 3.62. The Morgan fingerprint density at radius 2 is 2.11 bits per heavy atom. The molecule has 0 aliphatic carbocycles. The van der Waals surface area contributed by atoms with E-state index in [0.717, 1.165) is 25.9 Å². The summed E-state index contributed by atoms with van der Waals surface area (Å²) in [6, 6.07) is 5.17. The summed E-state index contributed by atoms with van der Waals surface area (Å²) < 4.78 is 10.5. The van der Waals surface area contributed by atoms with Crippen LogP contribution in [0.15, 0.2) is 24.5 Å². The number of nitrogens with zero attached hydrogens (tertiary/aromatic N) is 4. The van der Waals surface area contributed by atoms with Gasteiger partial charge in [0.05, 0.1) is 24.8 Å². The molecule has 0 bridgehead atoms. The van der Waals surface area contributed by atoms with Crippen LogP contribution in [0.3, 0.4) is 0 Å². The number of anilines is 3. The third kappa shape index (κ3) is 4.02. The summed E-state index contributed by atoms with van der Waals surface area (Å²) in [4.78, 5) is 21.7. The second kappa shape index (κ2) is 8.07. The Morgan fingerprint density at radius 3 is 2.78 bits per heavy atom. The molecule has 0 radical (unpaired) electrons. The van der Waals surface area contributed by atoms with Gasteiger partial charge in [0.15, 0.2) is 0 Å². The first-order valence-electron chi connectivity index (χ1n) is 8.77. The number of aromatic nitrogens is 2. The summed E-state index contributed by atoms with van der Waals surface area (Å²) in [7, 11) is 3.08. The van der Waals surface area contributed by atoms with Gasteiger partial charge in [-0.2, -0.15) is 0 Å². The summed E-state index contributed by atoms with van der Waals surface area (Å²) in [5.41, 5.74) is 0.419. The van der Waals surface area contributed by atoms with Gasteiger partial charge in [0, 0.05) is 19.2 Å². The van der Waals surface area contributed by atoms with E-state index < -0.39 is 4.92 Å². The number of ether oxygens (including phenoxy) is 2. The van der Waals surface area contributed by atoms with Crippen LogP contribution >= 0.6 is 0 Å². The van der Waals surface area contributed by atoms with Gasteiger partial charge in [-0.25, -0.2) is 9.97 Å². The zero-order valence-corrected chi connectivity index (χ0v) is 15.6. The Bertz CT molecular complexity index is 829. The second-order valence-corrected chi connectivity index (χ2v) is 6.54. The fourth-order valence-electron chi connectivity index (χ4n) is 3.27. The lowest BCUT2D eigenvalue weighted by Crippen LogP contribution is -2.35. The third-order valence-corrected chi connectivity index (χ3v) is 4.60. The normalized spacial score (nSPS) is 16.7. The van der Waals surface area contributed by atoms with Crippen LogP contribution in [0.5, 0.6) is 11.5 Å².